The maximum atomic E-state index is 13.6. The molecule has 5 rings (SSSR count). The minimum absolute atomic E-state index is 0.0344. The van der Waals surface area contributed by atoms with Gasteiger partial charge in [-0.15, -0.1) is 0 Å². The van der Waals surface area contributed by atoms with Crippen LogP contribution in [0.5, 0.6) is 0 Å². The quantitative estimate of drug-likeness (QED) is 0.470. The number of fused-ring (bicyclic) bond motifs is 1. The van der Waals surface area contributed by atoms with E-state index >= 15 is 0 Å². The first-order valence-corrected chi connectivity index (χ1v) is 12.3. The van der Waals surface area contributed by atoms with Crippen molar-refractivity contribution in [2.75, 3.05) is 0 Å². The Labute approximate surface area is 202 Å². The van der Waals surface area contributed by atoms with Crippen LogP contribution in [0.25, 0.3) is 6.08 Å². The second-order valence-electron chi connectivity index (χ2n) is 8.96. The van der Waals surface area contributed by atoms with Crippen molar-refractivity contribution in [3.05, 3.63) is 100 Å². The molecule has 0 spiro atoms. The van der Waals surface area contributed by atoms with Crippen LogP contribution in [0.3, 0.4) is 0 Å². The Balaban J connectivity index is 1.79. The molecule has 1 aliphatic carbocycles. The number of rotatable bonds is 2. The number of thiazole rings is 1. The van der Waals surface area contributed by atoms with Crippen molar-refractivity contribution in [3.63, 3.8) is 0 Å². The number of hydrogen-bond donors (Lipinski definition) is 0. The van der Waals surface area contributed by atoms with Gasteiger partial charge in [0.25, 0.3) is 5.56 Å². The largest absolute Gasteiger partial charge is 0.294 e. The summed E-state index contributed by atoms with van der Waals surface area (Å²) in [6, 6.07) is 14.6. The fourth-order valence-electron chi connectivity index (χ4n) is 4.45. The Morgan fingerprint density at radius 1 is 1.12 bits per heavy atom. The third-order valence-electron chi connectivity index (χ3n) is 5.86. The SMILES string of the molecule is CC1(C)CC(=O)C2=C(C1)N=c1sc(=Cc3ccc(Br)cc3)c(=O)n1C2c1ccccc1Cl. The number of Topliss-reactive ketones (excluding diaryl/α,β-unsaturated/α-hetero) is 1. The molecule has 0 radical (unpaired) electrons. The third-order valence-corrected chi connectivity index (χ3v) is 7.72. The summed E-state index contributed by atoms with van der Waals surface area (Å²) < 4.78 is 3.20. The molecule has 3 aromatic rings. The first-order valence-electron chi connectivity index (χ1n) is 10.3. The van der Waals surface area contributed by atoms with Crippen LogP contribution in [-0.4, -0.2) is 10.4 Å². The summed E-state index contributed by atoms with van der Waals surface area (Å²) >= 11 is 11.4. The summed E-state index contributed by atoms with van der Waals surface area (Å²) in [6.45, 7) is 4.16. The summed E-state index contributed by atoms with van der Waals surface area (Å²) in [4.78, 5) is 32.3. The maximum absolute atomic E-state index is 13.6. The summed E-state index contributed by atoms with van der Waals surface area (Å²) in [5, 5.41) is 0.534. The fourth-order valence-corrected chi connectivity index (χ4v) is 5.97. The number of halogens is 2. The van der Waals surface area contributed by atoms with E-state index in [2.05, 4.69) is 29.8 Å². The summed E-state index contributed by atoms with van der Waals surface area (Å²) in [7, 11) is 0. The fraction of sp³-hybridized carbons (Fsp3) is 0.240. The highest BCUT2D eigenvalue weighted by Gasteiger charge is 2.41. The summed E-state index contributed by atoms with van der Waals surface area (Å²) in [6.07, 6.45) is 2.98. The molecule has 0 fully saturated rings. The molecule has 1 atom stereocenters. The van der Waals surface area contributed by atoms with E-state index in [9.17, 15) is 9.59 Å². The van der Waals surface area contributed by atoms with Crippen molar-refractivity contribution in [2.45, 2.75) is 32.7 Å². The lowest BCUT2D eigenvalue weighted by Gasteiger charge is -2.35. The van der Waals surface area contributed by atoms with Gasteiger partial charge in [0.05, 0.1) is 16.3 Å². The zero-order valence-corrected chi connectivity index (χ0v) is 20.7. The maximum Gasteiger partial charge on any atom is 0.271 e. The molecule has 1 aromatic heterocycles. The highest BCUT2D eigenvalue weighted by atomic mass is 79.9. The van der Waals surface area contributed by atoms with E-state index in [-0.39, 0.29) is 16.8 Å². The molecule has 2 heterocycles. The Hall–Kier alpha value is -2.28. The molecule has 0 saturated carbocycles. The van der Waals surface area contributed by atoms with Gasteiger partial charge in [-0.1, -0.05) is 83.0 Å². The van der Waals surface area contributed by atoms with E-state index in [4.69, 9.17) is 16.6 Å². The van der Waals surface area contributed by atoms with Gasteiger partial charge in [0.1, 0.15) is 0 Å². The number of allylic oxidation sites excluding steroid dienone is 2. The normalized spacial score (nSPS) is 20.1. The third kappa shape index (κ3) is 3.74. The second kappa shape index (κ2) is 7.94. The number of hydrogen-bond acceptors (Lipinski definition) is 4. The lowest BCUT2D eigenvalue weighted by atomic mass is 9.73. The smallest absolute Gasteiger partial charge is 0.271 e. The number of carbonyl (C=O) groups is 1. The van der Waals surface area contributed by atoms with Crippen LogP contribution in [0.2, 0.25) is 5.02 Å². The van der Waals surface area contributed by atoms with Gasteiger partial charge in [0.2, 0.25) is 0 Å². The van der Waals surface area contributed by atoms with E-state index < -0.39 is 6.04 Å². The van der Waals surface area contributed by atoms with Crippen LogP contribution in [0.1, 0.15) is 43.9 Å². The van der Waals surface area contributed by atoms with Gasteiger partial charge in [-0.3, -0.25) is 14.2 Å². The average molecular weight is 528 g/mol. The molecule has 2 aliphatic rings. The first-order chi connectivity index (χ1) is 15.2. The van der Waals surface area contributed by atoms with Crippen molar-refractivity contribution in [3.8, 4) is 0 Å². The highest BCUT2D eigenvalue weighted by Crippen LogP contribution is 2.44. The van der Waals surface area contributed by atoms with Crippen molar-refractivity contribution < 1.29 is 4.79 Å². The number of aromatic nitrogens is 1. The Morgan fingerprint density at radius 3 is 2.56 bits per heavy atom. The van der Waals surface area contributed by atoms with Gasteiger partial charge >= 0.3 is 0 Å². The zero-order valence-electron chi connectivity index (χ0n) is 17.6. The standard InChI is InChI=1S/C25H20BrClN2O2S/c1-25(2)12-18-21(19(30)13-25)22(16-5-3-4-6-17(16)27)29-23(31)20(32-24(29)28-18)11-14-7-9-15(26)10-8-14/h3-11,22H,12-13H2,1-2H3. The molecular weight excluding hydrogens is 508 g/mol. The van der Waals surface area contributed by atoms with Crippen LogP contribution < -0.4 is 14.9 Å². The number of benzene rings is 2. The molecular formula is C25H20BrClN2O2S. The van der Waals surface area contributed by atoms with Gasteiger partial charge in [-0.2, -0.15) is 0 Å². The van der Waals surface area contributed by atoms with Gasteiger partial charge in [-0.05, 0) is 47.2 Å². The first kappa shape index (κ1) is 21.6. The highest BCUT2D eigenvalue weighted by molar-refractivity contribution is 9.10. The predicted octanol–water partition coefficient (Wildman–Crippen LogP) is 5.02. The number of nitrogens with zero attached hydrogens (tertiary/aromatic N) is 2. The van der Waals surface area contributed by atoms with E-state index in [0.717, 1.165) is 21.3 Å². The van der Waals surface area contributed by atoms with Crippen molar-refractivity contribution in [1.82, 2.24) is 4.57 Å². The van der Waals surface area contributed by atoms with Gasteiger partial charge in [-0.25, -0.2) is 4.99 Å². The molecule has 0 saturated heterocycles. The van der Waals surface area contributed by atoms with Crippen molar-refractivity contribution in [1.29, 1.82) is 0 Å². The minimum Gasteiger partial charge on any atom is -0.294 e. The molecule has 32 heavy (non-hydrogen) atoms. The molecule has 7 heteroatoms. The Bertz CT molecular complexity index is 1460. The lowest BCUT2D eigenvalue weighted by Crippen LogP contribution is -2.42. The molecule has 0 bridgehead atoms. The monoisotopic (exact) mass is 526 g/mol. The van der Waals surface area contributed by atoms with Gasteiger partial charge in [0, 0.05) is 21.5 Å². The molecule has 162 valence electrons. The van der Waals surface area contributed by atoms with Crippen LogP contribution in [0, 0.1) is 5.41 Å². The van der Waals surface area contributed by atoms with E-state index in [1.54, 1.807) is 10.6 Å². The van der Waals surface area contributed by atoms with E-state index in [1.807, 2.05) is 48.5 Å². The van der Waals surface area contributed by atoms with Crippen LogP contribution in [-0.2, 0) is 4.79 Å². The second-order valence-corrected chi connectivity index (χ2v) is 11.3. The molecule has 2 aromatic carbocycles. The zero-order chi connectivity index (χ0) is 22.6. The summed E-state index contributed by atoms with van der Waals surface area (Å²) in [5.74, 6) is 0.0344. The summed E-state index contributed by atoms with van der Waals surface area (Å²) in [5.41, 5.74) is 2.71. The van der Waals surface area contributed by atoms with E-state index in [0.29, 0.717) is 32.8 Å². The number of carbonyl (C=O) groups excluding carboxylic acids is 1. The Kier molecular flexibility index (Phi) is 5.35. The lowest BCUT2D eigenvalue weighted by molar-refractivity contribution is -0.118. The molecule has 0 amide bonds. The van der Waals surface area contributed by atoms with Crippen molar-refractivity contribution in [2.24, 2.45) is 10.4 Å². The van der Waals surface area contributed by atoms with Crippen LogP contribution >= 0.6 is 38.9 Å². The topological polar surface area (TPSA) is 51.4 Å². The van der Waals surface area contributed by atoms with Crippen LogP contribution in [0.4, 0.5) is 0 Å². The predicted molar refractivity (Wildman–Crippen MR) is 132 cm³/mol. The van der Waals surface area contributed by atoms with Crippen molar-refractivity contribution >= 4 is 50.7 Å². The van der Waals surface area contributed by atoms with Gasteiger partial charge < -0.3 is 0 Å². The molecule has 1 aliphatic heterocycles. The Morgan fingerprint density at radius 2 is 1.84 bits per heavy atom. The molecule has 4 nitrogen and oxygen atoms in total. The van der Waals surface area contributed by atoms with Gasteiger partial charge in [0.15, 0.2) is 10.6 Å². The average Bonchev–Trinajstić information content (AvgIpc) is 3.03. The van der Waals surface area contributed by atoms with E-state index in [1.165, 1.54) is 11.3 Å². The minimum atomic E-state index is -0.564. The van der Waals surface area contributed by atoms with Crippen LogP contribution in [0.15, 0.2) is 74.1 Å². The molecule has 1 unspecified atom stereocenters. The molecule has 0 N–H and O–H groups in total. The number of ketones is 1.